The maximum absolute atomic E-state index is 4.50. The van der Waals surface area contributed by atoms with Crippen LogP contribution >= 0.6 is 0 Å². The van der Waals surface area contributed by atoms with E-state index in [1.807, 2.05) is 13.0 Å². The van der Waals surface area contributed by atoms with Crippen molar-refractivity contribution >= 4 is 11.8 Å². The summed E-state index contributed by atoms with van der Waals surface area (Å²) in [5.41, 5.74) is 0.994. The molecule has 0 spiro atoms. The lowest BCUT2D eigenvalue weighted by Gasteiger charge is -2.11. The largest absolute Gasteiger partial charge is 0.370 e. The van der Waals surface area contributed by atoms with Gasteiger partial charge in [-0.3, -0.25) is 0 Å². The van der Waals surface area contributed by atoms with Gasteiger partial charge in [-0.1, -0.05) is 19.8 Å². The fourth-order valence-corrected chi connectivity index (χ4v) is 1.93. The average molecular weight is 279 g/mol. The topological polar surface area (TPSA) is 53.1 Å². The summed E-state index contributed by atoms with van der Waals surface area (Å²) in [5, 5.41) is 6.66. The van der Waals surface area contributed by atoms with Gasteiger partial charge < -0.3 is 15.5 Å². The van der Waals surface area contributed by atoms with Crippen molar-refractivity contribution in [2.45, 2.75) is 39.5 Å². The van der Waals surface area contributed by atoms with E-state index in [1.54, 1.807) is 0 Å². The predicted molar refractivity (Wildman–Crippen MR) is 86.4 cm³/mol. The fourth-order valence-electron chi connectivity index (χ4n) is 1.93. The Labute approximate surface area is 123 Å². The lowest BCUT2D eigenvalue weighted by Crippen LogP contribution is -2.17. The van der Waals surface area contributed by atoms with Gasteiger partial charge in [-0.25, -0.2) is 4.98 Å². The summed E-state index contributed by atoms with van der Waals surface area (Å²) in [6.45, 7) is 7.16. The summed E-state index contributed by atoms with van der Waals surface area (Å²) < 4.78 is 0. The summed E-state index contributed by atoms with van der Waals surface area (Å²) in [7, 11) is 4.17. The van der Waals surface area contributed by atoms with Crippen LogP contribution in [0.3, 0.4) is 0 Å². The van der Waals surface area contributed by atoms with E-state index in [4.69, 9.17) is 0 Å². The van der Waals surface area contributed by atoms with Crippen LogP contribution in [0.5, 0.6) is 0 Å². The van der Waals surface area contributed by atoms with Crippen LogP contribution < -0.4 is 10.6 Å². The zero-order valence-corrected chi connectivity index (χ0v) is 13.4. The molecular weight excluding hydrogens is 250 g/mol. The van der Waals surface area contributed by atoms with Gasteiger partial charge in [-0.05, 0) is 40.4 Å². The third-order valence-electron chi connectivity index (χ3n) is 3.01. The Morgan fingerprint density at radius 2 is 1.80 bits per heavy atom. The van der Waals surface area contributed by atoms with Crippen molar-refractivity contribution in [3.63, 3.8) is 0 Å². The van der Waals surface area contributed by atoms with Crippen LogP contribution in [0.15, 0.2) is 6.07 Å². The molecule has 0 aliphatic carbocycles. The van der Waals surface area contributed by atoms with E-state index in [0.29, 0.717) is 0 Å². The Morgan fingerprint density at radius 3 is 2.50 bits per heavy atom. The summed E-state index contributed by atoms with van der Waals surface area (Å²) in [6, 6.07) is 2.00. The molecule has 1 aromatic rings. The van der Waals surface area contributed by atoms with Gasteiger partial charge in [0.2, 0.25) is 5.95 Å². The molecule has 0 amide bonds. The first-order chi connectivity index (χ1) is 9.61. The lowest BCUT2D eigenvalue weighted by atomic mass is 10.2. The standard InChI is InChI=1S/C15H29N5/c1-5-6-7-9-16-14-12-13(2)18-15(19-14)17-10-8-11-20(3)4/h12H,5-11H2,1-4H3,(H2,16,17,18,19). The molecule has 1 heterocycles. The number of aromatic nitrogens is 2. The van der Waals surface area contributed by atoms with Gasteiger partial charge in [0.05, 0.1) is 0 Å². The van der Waals surface area contributed by atoms with Crippen molar-refractivity contribution in [3.8, 4) is 0 Å². The summed E-state index contributed by atoms with van der Waals surface area (Å²) in [5.74, 6) is 1.64. The van der Waals surface area contributed by atoms with Crippen molar-refractivity contribution in [2.75, 3.05) is 44.4 Å². The summed E-state index contributed by atoms with van der Waals surface area (Å²) in [4.78, 5) is 11.1. The second-order valence-corrected chi connectivity index (χ2v) is 5.44. The molecule has 0 unspecified atom stereocenters. The highest BCUT2D eigenvalue weighted by molar-refractivity contribution is 5.42. The summed E-state index contributed by atoms with van der Waals surface area (Å²) >= 11 is 0. The minimum Gasteiger partial charge on any atom is -0.370 e. The molecule has 0 fully saturated rings. The normalized spacial score (nSPS) is 10.8. The predicted octanol–water partition coefficient (Wildman–Crippen LogP) is 2.75. The molecule has 5 heteroatoms. The van der Waals surface area contributed by atoms with E-state index in [9.17, 15) is 0 Å². The minimum absolute atomic E-state index is 0.724. The number of aryl methyl sites for hydroxylation is 1. The van der Waals surface area contributed by atoms with E-state index in [1.165, 1.54) is 19.3 Å². The molecular formula is C15H29N5. The molecule has 1 aromatic heterocycles. The zero-order chi connectivity index (χ0) is 14.8. The Bertz CT molecular complexity index is 379. The second kappa shape index (κ2) is 9.53. The van der Waals surface area contributed by atoms with Gasteiger partial charge >= 0.3 is 0 Å². The van der Waals surface area contributed by atoms with Crippen LogP contribution in [0, 0.1) is 6.92 Å². The van der Waals surface area contributed by atoms with Crippen LogP contribution in [0.4, 0.5) is 11.8 Å². The van der Waals surface area contributed by atoms with Crippen LogP contribution in [-0.4, -0.2) is 48.6 Å². The quantitative estimate of drug-likeness (QED) is 0.645. The van der Waals surface area contributed by atoms with Crippen molar-refractivity contribution in [2.24, 2.45) is 0 Å². The smallest absolute Gasteiger partial charge is 0.224 e. The number of unbranched alkanes of at least 4 members (excludes halogenated alkanes) is 2. The Hall–Kier alpha value is -1.36. The van der Waals surface area contributed by atoms with Crippen LogP contribution in [0.2, 0.25) is 0 Å². The van der Waals surface area contributed by atoms with Gasteiger partial charge in [0.25, 0.3) is 0 Å². The van der Waals surface area contributed by atoms with Crippen molar-refractivity contribution in [1.29, 1.82) is 0 Å². The zero-order valence-electron chi connectivity index (χ0n) is 13.4. The first kappa shape index (κ1) is 16.7. The highest BCUT2D eigenvalue weighted by Crippen LogP contribution is 2.10. The van der Waals surface area contributed by atoms with Crippen LogP contribution in [0.25, 0.3) is 0 Å². The highest BCUT2D eigenvalue weighted by atomic mass is 15.1. The number of rotatable bonds is 10. The van der Waals surface area contributed by atoms with Crippen molar-refractivity contribution < 1.29 is 0 Å². The van der Waals surface area contributed by atoms with E-state index in [0.717, 1.165) is 43.5 Å². The third kappa shape index (κ3) is 7.28. The number of hydrogen-bond acceptors (Lipinski definition) is 5. The first-order valence-corrected chi connectivity index (χ1v) is 7.60. The van der Waals surface area contributed by atoms with Gasteiger partial charge in [0, 0.05) is 24.8 Å². The number of nitrogens with one attached hydrogen (secondary N) is 2. The fraction of sp³-hybridized carbons (Fsp3) is 0.733. The van der Waals surface area contributed by atoms with Crippen LogP contribution in [-0.2, 0) is 0 Å². The van der Waals surface area contributed by atoms with Gasteiger partial charge in [-0.2, -0.15) is 4.98 Å². The van der Waals surface area contributed by atoms with Gasteiger partial charge in [0.1, 0.15) is 5.82 Å². The van der Waals surface area contributed by atoms with Crippen molar-refractivity contribution in [1.82, 2.24) is 14.9 Å². The Morgan fingerprint density at radius 1 is 1.05 bits per heavy atom. The maximum atomic E-state index is 4.50. The molecule has 0 aliphatic heterocycles. The van der Waals surface area contributed by atoms with E-state index < -0.39 is 0 Å². The van der Waals surface area contributed by atoms with E-state index in [2.05, 4.69) is 46.5 Å². The van der Waals surface area contributed by atoms with Gasteiger partial charge in [-0.15, -0.1) is 0 Å². The number of hydrogen-bond donors (Lipinski definition) is 2. The first-order valence-electron chi connectivity index (χ1n) is 7.60. The molecule has 20 heavy (non-hydrogen) atoms. The van der Waals surface area contributed by atoms with Gasteiger partial charge in [0.15, 0.2) is 0 Å². The third-order valence-corrected chi connectivity index (χ3v) is 3.01. The number of anilines is 2. The highest BCUT2D eigenvalue weighted by Gasteiger charge is 2.01. The molecule has 1 rings (SSSR count). The Balaban J connectivity index is 2.40. The lowest BCUT2D eigenvalue weighted by molar-refractivity contribution is 0.405. The molecule has 114 valence electrons. The molecule has 0 aromatic carbocycles. The van der Waals surface area contributed by atoms with E-state index >= 15 is 0 Å². The molecule has 0 saturated carbocycles. The van der Waals surface area contributed by atoms with Crippen molar-refractivity contribution in [3.05, 3.63) is 11.8 Å². The van der Waals surface area contributed by atoms with Crippen LogP contribution in [0.1, 0.15) is 38.3 Å². The monoisotopic (exact) mass is 279 g/mol. The molecule has 0 atom stereocenters. The van der Waals surface area contributed by atoms with E-state index in [-0.39, 0.29) is 0 Å². The minimum atomic E-state index is 0.724. The molecule has 0 aliphatic rings. The molecule has 5 nitrogen and oxygen atoms in total. The summed E-state index contributed by atoms with van der Waals surface area (Å²) in [6.07, 6.45) is 4.77. The second-order valence-electron chi connectivity index (χ2n) is 5.44. The Kier molecular flexibility index (Phi) is 7.95. The average Bonchev–Trinajstić information content (AvgIpc) is 2.39. The molecule has 0 radical (unpaired) electrons. The maximum Gasteiger partial charge on any atom is 0.224 e. The molecule has 0 saturated heterocycles. The molecule has 2 N–H and O–H groups in total. The SMILES string of the molecule is CCCCCNc1cc(C)nc(NCCCN(C)C)n1. The number of nitrogens with zero attached hydrogens (tertiary/aromatic N) is 3. The molecule has 0 bridgehead atoms.